The molecule has 0 fully saturated rings. The van der Waals surface area contributed by atoms with Crippen molar-refractivity contribution in [2.45, 2.75) is 20.0 Å². The Morgan fingerprint density at radius 1 is 1.48 bits per heavy atom. The van der Waals surface area contributed by atoms with E-state index in [1.54, 1.807) is 17.5 Å². The summed E-state index contributed by atoms with van der Waals surface area (Å²) in [7, 11) is 0. The summed E-state index contributed by atoms with van der Waals surface area (Å²) in [6, 6.07) is 6.10. The van der Waals surface area contributed by atoms with Crippen molar-refractivity contribution < 1.29 is 14.8 Å². The van der Waals surface area contributed by atoms with Crippen LogP contribution in [0.2, 0.25) is 0 Å². The molecule has 1 atom stereocenters. The second-order valence-corrected chi connectivity index (χ2v) is 6.22. The molecule has 2 aromatic rings. The monoisotopic (exact) mass is 335 g/mol. The molecule has 0 aliphatic heterocycles. The Hall–Kier alpha value is -2.32. The minimum Gasteiger partial charge on any atom is -0.391 e. The summed E-state index contributed by atoms with van der Waals surface area (Å²) in [6.45, 7) is 3.88. The highest BCUT2D eigenvalue weighted by molar-refractivity contribution is 7.13. The van der Waals surface area contributed by atoms with Crippen LogP contribution in [0.4, 0.5) is 5.69 Å². The largest absolute Gasteiger partial charge is 0.391 e. The van der Waals surface area contributed by atoms with E-state index in [9.17, 15) is 20.0 Å². The first kappa shape index (κ1) is 17.0. The maximum absolute atomic E-state index is 12.0. The number of nitro benzene ring substituents is 1. The van der Waals surface area contributed by atoms with Crippen molar-refractivity contribution in [3.05, 3.63) is 45.5 Å². The smallest absolute Gasteiger partial charge is 0.270 e. The van der Waals surface area contributed by atoms with Crippen LogP contribution in [0, 0.1) is 16.0 Å². The molecular formula is C15H17N3O4S. The molecule has 0 spiro atoms. The number of aliphatic hydroxyl groups excluding tert-OH is 1. The number of thiazole rings is 1. The lowest BCUT2D eigenvalue weighted by Crippen LogP contribution is -2.34. The summed E-state index contributed by atoms with van der Waals surface area (Å²) in [5.41, 5.74) is 0.793. The summed E-state index contributed by atoms with van der Waals surface area (Å²) in [5, 5.41) is 25.2. The number of nitro groups is 1. The zero-order valence-electron chi connectivity index (χ0n) is 12.7. The number of benzene rings is 1. The van der Waals surface area contributed by atoms with Crippen LogP contribution in [-0.2, 0) is 0 Å². The predicted octanol–water partition coefficient (Wildman–Crippen LogP) is 2.47. The van der Waals surface area contributed by atoms with Crippen molar-refractivity contribution in [3.63, 3.8) is 0 Å². The van der Waals surface area contributed by atoms with Gasteiger partial charge in [0.1, 0.15) is 10.7 Å². The van der Waals surface area contributed by atoms with Gasteiger partial charge in [0, 0.05) is 29.6 Å². The van der Waals surface area contributed by atoms with Crippen LogP contribution in [0.15, 0.2) is 29.6 Å². The standard InChI is InChI=1S/C15H17N3O4S/c1-9(2)13(19)7-16-14(20)12-8-23-15(17-12)10-4-3-5-11(6-10)18(21)22/h3-6,8-9,13,19H,7H2,1-2H3,(H,16,20). The summed E-state index contributed by atoms with van der Waals surface area (Å²) in [6.07, 6.45) is -0.617. The van der Waals surface area contributed by atoms with E-state index in [2.05, 4.69) is 10.3 Å². The highest BCUT2D eigenvalue weighted by Gasteiger charge is 2.16. The van der Waals surface area contributed by atoms with E-state index in [0.717, 1.165) is 0 Å². The Labute approximate surface area is 137 Å². The maximum atomic E-state index is 12.0. The molecule has 1 amide bonds. The normalized spacial score (nSPS) is 12.2. The third kappa shape index (κ3) is 4.33. The number of carbonyl (C=O) groups is 1. The van der Waals surface area contributed by atoms with Gasteiger partial charge in [-0.2, -0.15) is 0 Å². The first-order valence-electron chi connectivity index (χ1n) is 7.05. The molecule has 1 unspecified atom stereocenters. The van der Waals surface area contributed by atoms with Crippen molar-refractivity contribution in [2.75, 3.05) is 6.54 Å². The van der Waals surface area contributed by atoms with Gasteiger partial charge < -0.3 is 10.4 Å². The molecule has 0 saturated carbocycles. The lowest BCUT2D eigenvalue weighted by atomic mass is 10.1. The molecule has 0 bridgehead atoms. The fourth-order valence-electron chi connectivity index (χ4n) is 1.79. The van der Waals surface area contributed by atoms with E-state index < -0.39 is 11.0 Å². The zero-order chi connectivity index (χ0) is 17.0. The van der Waals surface area contributed by atoms with Gasteiger partial charge in [0.25, 0.3) is 11.6 Å². The third-order valence-corrected chi connectivity index (χ3v) is 4.17. The Balaban J connectivity index is 2.10. The molecule has 2 N–H and O–H groups in total. The van der Waals surface area contributed by atoms with Crippen LogP contribution < -0.4 is 5.32 Å². The lowest BCUT2D eigenvalue weighted by molar-refractivity contribution is -0.384. The summed E-state index contributed by atoms with van der Waals surface area (Å²) < 4.78 is 0. The van der Waals surface area contributed by atoms with E-state index in [-0.39, 0.29) is 29.8 Å². The molecule has 0 aliphatic carbocycles. The van der Waals surface area contributed by atoms with E-state index >= 15 is 0 Å². The van der Waals surface area contributed by atoms with Crippen LogP contribution in [-0.4, -0.2) is 33.6 Å². The van der Waals surface area contributed by atoms with Gasteiger partial charge in [-0.05, 0) is 5.92 Å². The van der Waals surface area contributed by atoms with Crippen molar-refractivity contribution in [1.29, 1.82) is 0 Å². The van der Waals surface area contributed by atoms with E-state index in [0.29, 0.717) is 10.6 Å². The van der Waals surface area contributed by atoms with E-state index in [1.165, 1.54) is 23.5 Å². The number of carbonyl (C=O) groups excluding carboxylic acids is 1. The number of amides is 1. The third-order valence-electron chi connectivity index (χ3n) is 3.28. The quantitative estimate of drug-likeness (QED) is 0.623. The zero-order valence-corrected chi connectivity index (χ0v) is 13.5. The first-order valence-corrected chi connectivity index (χ1v) is 7.93. The molecule has 0 aliphatic rings. The predicted molar refractivity (Wildman–Crippen MR) is 87.4 cm³/mol. The Bertz CT molecular complexity index is 714. The van der Waals surface area contributed by atoms with Crippen molar-refractivity contribution in [1.82, 2.24) is 10.3 Å². The van der Waals surface area contributed by atoms with E-state index in [4.69, 9.17) is 0 Å². The average molecular weight is 335 g/mol. The topological polar surface area (TPSA) is 105 Å². The Morgan fingerprint density at radius 3 is 2.87 bits per heavy atom. The second-order valence-electron chi connectivity index (χ2n) is 5.37. The molecule has 0 saturated heterocycles. The fourth-order valence-corrected chi connectivity index (χ4v) is 2.58. The van der Waals surface area contributed by atoms with Gasteiger partial charge in [-0.1, -0.05) is 26.0 Å². The molecular weight excluding hydrogens is 318 g/mol. The minimum atomic E-state index is -0.617. The van der Waals surface area contributed by atoms with E-state index in [1.807, 2.05) is 13.8 Å². The van der Waals surface area contributed by atoms with Gasteiger partial charge in [0.2, 0.25) is 0 Å². The number of nitrogens with one attached hydrogen (secondary N) is 1. The molecule has 122 valence electrons. The SMILES string of the molecule is CC(C)C(O)CNC(=O)c1csc(-c2cccc([N+](=O)[O-])c2)n1. The number of aromatic nitrogens is 1. The summed E-state index contributed by atoms with van der Waals surface area (Å²) in [5.74, 6) is -0.330. The van der Waals surface area contributed by atoms with Crippen LogP contribution in [0.5, 0.6) is 0 Å². The second kappa shape index (κ2) is 7.30. The highest BCUT2D eigenvalue weighted by Crippen LogP contribution is 2.26. The number of nitrogens with zero attached hydrogens (tertiary/aromatic N) is 2. The van der Waals surface area contributed by atoms with Gasteiger partial charge in [-0.25, -0.2) is 4.98 Å². The van der Waals surface area contributed by atoms with Crippen molar-refractivity contribution in [2.24, 2.45) is 5.92 Å². The highest BCUT2D eigenvalue weighted by atomic mass is 32.1. The van der Waals surface area contributed by atoms with Crippen LogP contribution in [0.1, 0.15) is 24.3 Å². The van der Waals surface area contributed by atoms with Gasteiger partial charge >= 0.3 is 0 Å². The molecule has 1 heterocycles. The number of hydrogen-bond donors (Lipinski definition) is 2. The molecule has 1 aromatic heterocycles. The Morgan fingerprint density at radius 2 is 2.22 bits per heavy atom. The van der Waals surface area contributed by atoms with Crippen LogP contribution >= 0.6 is 11.3 Å². The molecule has 1 aromatic carbocycles. The van der Waals surface area contributed by atoms with Crippen LogP contribution in [0.25, 0.3) is 10.6 Å². The van der Waals surface area contributed by atoms with Crippen molar-refractivity contribution >= 4 is 22.9 Å². The molecule has 8 heteroatoms. The Kier molecular flexibility index (Phi) is 5.41. The number of aliphatic hydroxyl groups is 1. The lowest BCUT2D eigenvalue weighted by Gasteiger charge is -2.14. The number of rotatable bonds is 6. The minimum absolute atomic E-state index is 0.0243. The molecule has 7 nitrogen and oxygen atoms in total. The number of hydrogen-bond acceptors (Lipinski definition) is 6. The molecule has 23 heavy (non-hydrogen) atoms. The molecule has 2 rings (SSSR count). The average Bonchev–Trinajstić information content (AvgIpc) is 3.02. The van der Waals surface area contributed by atoms with Crippen molar-refractivity contribution in [3.8, 4) is 10.6 Å². The first-order chi connectivity index (χ1) is 10.9. The number of non-ortho nitro benzene ring substituents is 1. The summed E-state index contributed by atoms with van der Waals surface area (Å²) in [4.78, 5) is 26.5. The van der Waals surface area contributed by atoms with Crippen LogP contribution in [0.3, 0.4) is 0 Å². The van der Waals surface area contributed by atoms with Gasteiger partial charge in [0.05, 0.1) is 11.0 Å². The fraction of sp³-hybridized carbons (Fsp3) is 0.333. The van der Waals surface area contributed by atoms with Gasteiger partial charge in [0.15, 0.2) is 0 Å². The summed E-state index contributed by atoms with van der Waals surface area (Å²) >= 11 is 1.23. The van der Waals surface area contributed by atoms with Gasteiger partial charge in [-0.3, -0.25) is 14.9 Å². The maximum Gasteiger partial charge on any atom is 0.270 e. The molecule has 0 radical (unpaired) electrons. The van der Waals surface area contributed by atoms with Gasteiger partial charge in [-0.15, -0.1) is 11.3 Å².